The minimum absolute atomic E-state index is 0.0918. The topological polar surface area (TPSA) is 100 Å². The van der Waals surface area contributed by atoms with Crippen molar-refractivity contribution in [3.05, 3.63) is 47.5 Å². The molecule has 1 aliphatic rings. The summed E-state index contributed by atoms with van der Waals surface area (Å²) in [6, 6.07) is 7.50. The molecule has 1 aromatic carbocycles. The molecule has 0 bridgehead atoms. The normalized spacial score (nSPS) is 18.7. The molecule has 0 saturated carbocycles. The van der Waals surface area contributed by atoms with Gasteiger partial charge in [0.2, 0.25) is 5.91 Å². The van der Waals surface area contributed by atoms with Crippen molar-refractivity contribution in [3.8, 4) is 5.75 Å². The van der Waals surface area contributed by atoms with Gasteiger partial charge in [0.1, 0.15) is 11.5 Å². The van der Waals surface area contributed by atoms with E-state index in [1.165, 1.54) is 0 Å². The Hall–Kier alpha value is -3.29. The molecular weight excluding hydrogens is 396 g/mol. The van der Waals surface area contributed by atoms with Gasteiger partial charge in [0, 0.05) is 49.7 Å². The molecule has 1 fully saturated rings. The fourth-order valence-electron chi connectivity index (χ4n) is 4.31. The lowest BCUT2D eigenvalue weighted by atomic mass is 9.81. The van der Waals surface area contributed by atoms with Gasteiger partial charge in [0.05, 0.1) is 23.8 Å². The molecule has 2 aromatic heterocycles. The van der Waals surface area contributed by atoms with Crippen LogP contribution >= 0.6 is 0 Å². The summed E-state index contributed by atoms with van der Waals surface area (Å²) in [5, 5.41) is 7.70. The Bertz CT molecular complexity index is 1120. The van der Waals surface area contributed by atoms with Gasteiger partial charge in [0.15, 0.2) is 0 Å². The summed E-state index contributed by atoms with van der Waals surface area (Å²) < 4.78 is 10.8. The van der Waals surface area contributed by atoms with Crippen molar-refractivity contribution in [2.24, 2.45) is 5.41 Å². The van der Waals surface area contributed by atoms with E-state index >= 15 is 0 Å². The Balaban J connectivity index is 1.60. The average molecular weight is 425 g/mol. The predicted octanol–water partition coefficient (Wildman–Crippen LogP) is 3.11. The number of aromatic amines is 1. The zero-order valence-electron chi connectivity index (χ0n) is 18.3. The molecule has 4 rings (SSSR count). The van der Waals surface area contributed by atoms with Crippen LogP contribution in [0.1, 0.15) is 48.0 Å². The highest BCUT2D eigenvalue weighted by molar-refractivity contribution is 6.07. The molecule has 0 spiro atoms. The summed E-state index contributed by atoms with van der Waals surface area (Å²) in [6.07, 6.45) is 2.68. The van der Waals surface area contributed by atoms with Gasteiger partial charge in [-0.1, -0.05) is 19.0 Å². The molecule has 3 aromatic rings. The van der Waals surface area contributed by atoms with E-state index in [2.05, 4.69) is 15.5 Å². The predicted molar refractivity (Wildman–Crippen MR) is 116 cm³/mol. The van der Waals surface area contributed by atoms with E-state index in [1.807, 2.05) is 38.1 Å². The van der Waals surface area contributed by atoms with Gasteiger partial charge < -0.3 is 24.5 Å². The lowest BCUT2D eigenvalue weighted by Gasteiger charge is -2.26. The number of fused-ring (bicyclic) bond motifs is 1. The Labute approximate surface area is 180 Å². The van der Waals surface area contributed by atoms with E-state index in [1.54, 1.807) is 25.3 Å². The Morgan fingerprint density at radius 3 is 2.84 bits per heavy atom. The SMILES string of the molecule is CNC(=O)C1(Cc2cc(C(C)C)no2)CCN(C(=O)c2c[nH]c3ccc(OC)cc23)C1. The van der Waals surface area contributed by atoms with Gasteiger partial charge in [-0.3, -0.25) is 9.59 Å². The van der Waals surface area contributed by atoms with Crippen molar-refractivity contribution in [2.75, 3.05) is 27.2 Å². The molecule has 8 heteroatoms. The summed E-state index contributed by atoms with van der Waals surface area (Å²) in [5.41, 5.74) is 1.55. The second kappa shape index (κ2) is 8.09. The molecule has 0 radical (unpaired) electrons. The summed E-state index contributed by atoms with van der Waals surface area (Å²) in [6.45, 7) is 4.90. The van der Waals surface area contributed by atoms with Crippen molar-refractivity contribution in [1.82, 2.24) is 20.4 Å². The van der Waals surface area contributed by atoms with Gasteiger partial charge in [-0.25, -0.2) is 0 Å². The highest BCUT2D eigenvalue weighted by Crippen LogP contribution is 2.36. The molecule has 1 atom stereocenters. The van der Waals surface area contributed by atoms with Crippen molar-refractivity contribution in [2.45, 2.75) is 32.6 Å². The fourth-order valence-corrected chi connectivity index (χ4v) is 4.31. The highest BCUT2D eigenvalue weighted by Gasteiger charge is 2.46. The van der Waals surface area contributed by atoms with Gasteiger partial charge >= 0.3 is 0 Å². The van der Waals surface area contributed by atoms with Gasteiger partial charge in [-0.15, -0.1) is 0 Å². The number of carbonyl (C=O) groups excluding carboxylic acids is 2. The van der Waals surface area contributed by atoms with Gasteiger partial charge in [-0.2, -0.15) is 0 Å². The summed E-state index contributed by atoms with van der Waals surface area (Å²) in [7, 11) is 3.22. The van der Waals surface area contributed by atoms with Crippen molar-refractivity contribution < 1.29 is 18.8 Å². The average Bonchev–Trinajstić information content (AvgIpc) is 3.51. The maximum atomic E-state index is 13.4. The van der Waals surface area contributed by atoms with Gasteiger partial charge in [-0.05, 0) is 30.5 Å². The minimum Gasteiger partial charge on any atom is -0.497 e. The van der Waals surface area contributed by atoms with Crippen LogP contribution in [0.2, 0.25) is 0 Å². The number of carbonyl (C=O) groups is 2. The van der Waals surface area contributed by atoms with Crippen LogP contribution in [-0.2, 0) is 11.2 Å². The number of ether oxygens (including phenoxy) is 1. The van der Waals surface area contributed by atoms with E-state index in [0.717, 1.165) is 16.6 Å². The monoisotopic (exact) mass is 424 g/mol. The zero-order chi connectivity index (χ0) is 22.2. The van der Waals surface area contributed by atoms with Gasteiger partial charge in [0.25, 0.3) is 5.91 Å². The number of amides is 2. The standard InChI is InChI=1S/C23H28N4O4/c1-14(2)20-10-16(31-26-20)11-23(22(29)24-3)7-8-27(13-23)21(28)18-12-25-19-6-5-15(30-4)9-17(18)19/h5-6,9-10,12,14,25H,7-8,11,13H2,1-4H3,(H,24,29). The van der Waals surface area contributed by atoms with Crippen LogP contribution in [-0.4, -0.2) is 54.1 Å². The van der Waals surface area contributed by atoms with Crippen LogP contribution in [0.15, 0.2) is 35.0 Å². The summed E-state index contributed by atoms with van der Waals surface area (Å²) >= 11 is 0. The first-order valence-corrected chi connectivity index (χ1v) is 10.5. The number of aromatic nitrogens is 2. The molecule has 31 heavy (non-hydrogen) atoms. The molecule has 8 nitrogen and oxygen atoms in total. The Morgan fingerprint density at radius 1 is 1.35 bits per heavy atom. The summed E-state index contributed by atoms with van der Waals surface area (Å²) in [4.78, 5) is 31.2. The Morgan fingerprint density at radius 2 is 2.16 bits per heavy atom. The summed E-state index contributed by atoms with van der Waals surface area (Å²) in [5.74, 6) is 1.40. The maximum absolute atomic E-state index is 13.4. The van der Waals surface area contributed by atoms with E-state index in [0.29, 0.717) is 43.0 Å². The third-order valence-electron chi connectivity index (χ3n) is 6.15. The number of likely N-dealkylation sites (tertiary alicyclic amines) is 1. The van der Waals surface area contributed by atoms with Crippen LogP contribution in [0, 0.1) is 5.41 Å². The molecule has 2 N–H and O–H groups in total. The quantitative estimate of drug-likeness (QED) is 0.633. The molecule has 1 aliphatic heterocycles. The third-order valence-corrected chi connectivity index (χ3v) is 6.15. The highest BCUT2D eigenvalue weighted by atomic mass is 16.5. The second-order valence-electron chi connectivity index (χ2n) is 8.50. The third kappa shape index (κ3) is 3.78. The van der Waals surface area contributed by atoms with E-state index in [-0.39, 0.29) is 17.7 Å². The molecule has 0 aliphatic carbocycles. The van der Waals surface area contributed by atoms with Crippen LogP contribution in [0.3, 0.4) is 0 Å². The number of rotatable bonds is 6. The van der Waals surface area contributed by atoms with Crippen molar-refractivity contribution >= 4 is 22.7 Å². The van der Waals surface area contributed by atoms with Crippen LogP contribution in [0.25, 0.3) is 10.9 Å². The lowest BCUT2D eigenvalue weighted by molar-refractivity contribution is -0.130. The zero-order valence-corrected chi connectivity index (χ0v) is 18.3. The number of nitrogens with zero attached hydrogens (tertiary/aromatic N) is 2. The molecule has 1 saturated heterocycles. The number of hydrogen-bond donors (Lipinski definition) is 2. The first kappa shape index (κ1) is 21.0. The lowest BCUT2D eigenvalue weighted by Crippen LogP contribution is -2.44. The molecule has 2 amide bonds. The number of benzene rings is 1. The Kier molecular flexibility index (Phi) is 5.47. The van der Waals surface area contributed by atoms with Crippen molar-refractivity contribution in [3.63, 3.8) is 0 Å². The number of hydrogen-bond acceptors (Lipinski definition) is 5. The van der Waals surface area contributed by atoms with Crippen LogP contribution in [0.5, 0.6) is 5.75 Å². The largest absolute Gasteiger partial charge is 0.497 e. The fraction of sp³-hybridized carbons (Fsp3) is 0.435. The number of H-pyrrole nitrogens is 1. The first-order valence-electron chi connectivity index (χ1n) is 10.5. The molecular formula is C23H28N4O4. The number of methoxy groups -OCH3 is 1. The second-order valence-corrected chi connectivity index (χ2v) is 8.50. The minimum atomic E-state index is -0.748. The smallest absolute Gasteiger partial charge is 0.256 e. The van der Waals surface area contributed by atoms with Crippen LogP contribution in [0.4, 0.5) is 0 Å². The maximum Gasteiger partial charge on any atom is 0.256 e. The molecule has 1 unspecified atom stereocenters. The first-order chi connectivity index (χ1) is 14.9. The van der Waals surface area contributed by atoms with E-state index in [4.69, 9.17) is 9.26 Å². The van der Waals surface area contributed by atoms with E-state index in [9.17, 15) is 9.59 Å². The molecule has 3 heterocycles. The van der Waals surface area contributed by atoms with Crippen LogP contribution < -0.4 is 10.1 Å². The van der Waals surface area contributed by atoms with Crippen molar-refractivity contribution in [1.29, 1.82) is 0 Å². The number of nitrogens with one attached hydrogen (secondary N) is 2. The molecule has 164 valence electrons. The van der Waals surface area contributed by atoms with E-state index < -0.39 is 5.41 Å².